The Balaban J connectivity index is 1.35. The van der Waals surface area contributed by atoms with Crippen LogP contribution in [-0.4, -0.2) is 41.9 Å². The maximum atomic E-state index is 13.1. The van der Waals surface area contributed by atoms with E-state index < -0.39 is 0 Å². The smallest absolute Gasteiger partial charge is 0.261 e. The van der Waals surface area contributed by atoms with Gasteiger partial charge in [-0.25, -0.2) is 0 Å². The molecule has 0 saturated carbocycles. The van der Waals surface area contributed by atoms with E-state index in [-0.39, 0.29) is 41.8 Å². The molecule has 32 heavy (non-hydrogen) atoms. The molecular formula is C26H28N2O4. The van der Waals surface area contributed by atoms with Crippen molar-refractivity contribution >= 4 is 17.7 Å². The Hall–Kier alpha value is -2.99. The Morgan fingerprint density at radius 1 is 1.09 bits per heavy atom. The Morgan fingerprint density at radius 2 is 1.88 bits per heavy atom. The average molecular weight is 433 g/mol. The highest BCUT2D eigenvalue weighted by molar-refractivity contribution is 6.22. The summed E-state index contributed by atoms with van der Waals surface area (Å²) in [5.41, 5.74) is 3.53. The maximum Gasteiger partial charge on any atom is 0.261 e. The lowest BCUT2D eigenvalue weighted by Gasteiger charge is -2.37. The second kappa shape index (κ2) is 7.85. The summed E-state index contributed by atoms with van der Waals surface area (Å²) >= 11 is 0. The van der Waals surface area contributed by atoms with Crippen LogP contribution in [0, 0.1) is 0 Å². The molecule has 1 saturated heterocycles. The summed E-state index contributed by atoms with van der Waals surface area (Å²) < 4.78 is 5.59. The largest absolute Gasteiger partial charge is 0.376 e. The van der Waals surface area contributed by atoms with Crippen LogP contribution in [-0.2, 0) is 10.2 Å². The van der Waals surface area contributed by atoms with Gasteiger partial charge in [-0.15, -0.1) is 0 Å². The molecule has 2 aromatic rings. The molecule has 2 unspecified atom stereocenters. The van der Waals surface area contributed by atoms with E-state index >= 15 is 0 Å². The Kier molecular flexibility index (Phi) is 5.13. The molecule has 2 aliphatic heterocycles. The first-order chi connectivity index (χ1) is 15.3. The van der Waals surface area contributed by atoms with Crippen molar-refractivity contribution in [2.45, 2.75) is 57.1 Å². The van der Waals surface area contributed by atoms with E-state index in [1.807, 2.05) is 12.1 Å². The van der Waals surface area contributed by atoms with E-state index in [4.69, 9.17) is 4.74 Å². The van der Waals surface area contributed by atoms with Crippen LogP contribution < -0.4 is 5.32 Å². The predicted octanol–water partition coefficient (Wildman–Crippen LogP) is 4.00. The number of imide groups is 1. The first-order valence-electron chi connectivity index (χ1n) is 11.4. The number of hydrogen-bond acceptors (Lipinski definition) is 4. The Morgan fingerprint density at radius 3 is 2.66 bits per heavy atom. The second-order valence-corrected chi connectivity index (χ2v) is 9.65. The van der Waals surface area contributed by atoms with Crippen molar-refractivity contribution in [1.82, 2.24) is 10.2 Å². The van der Waals surface area contributed by atoms with Crippen LogP contribution in [0.5, 0.6) is 0 Å². The van der Waals surface area contributed by atoms with E-state index in [9.17, 15) is 14.4 Å². The molecule has 2 aromatic carbocycles. The van der Waals surface area contributed by atoms with Gasteiger partial charge >= 0.3 is 0 Å². The number of rotatable bonds is 4. The van der Waals surface area contributed by atoms with Crippen molar-refractivity contribution in [2.75, 3.05) is 13.2 Å². The molecule has 2 heterocycles. The van der Waals surface area contributed by atoms with Crippen molar-refractivity contribution in [2.24, 2.45) is 0 Å². The highest BCUT2D eigenvalue weighted by Gasteiger charge is 2.38. The summed E-state index contributed by atoms with van der Waals surface area (Å²) in [6, 6.07) is 13.0. The number of benzene rings is 2. The van der Waals surface area contributed by atoms with Gasteiger partial charge in [0.25, 0.3) is 17.7 Å². The number of fused-ring (bicyclic) bond motifs is 2. The van der Waals surface area contributed by atoms with Crippen LogP contribution in [0.15, 0.2) is 42.5 Å². The summed E-state index contributed by atoms with van der Waals surface area (Å²) in [5.74, 6) is -0.888. The van der Waals surface area contributed by atoms with Crippen molar-refractivity contribution < 1.29 is 19.1 Å². The standard InChI is InChI=1S/C26H28N2O4/c1-26(2)12-11-22(19-7-3-4-8-21(19)26)27-23(29)16-9-10-18-20(14-16)25(31)28(24(18)30)15-17-6-5-13-32-17/h3-4,7-10,14,17,22H,5-6,11-13,15H2,1-2H3,(H,27,29). The molecule has 0 spiro atoms. The third-order valence-corrected chi connectivity index (χ3v) is 7.07. The minimum absolute atomic E-state index is 0.0741. The van der Waals surface area contributed by atoms with Gasteiger partial charge in [-0.2, -0.15) is 0 Å². The summed E-state index contributed by atoms with van der Waals surface area (Å²) in [7, 11) is 0. The lowest BCUT2D eigenvalue weighted by atomic mass is 9.71. The van der Waals surface area contributed by atoms with Crippen LogP contribution >= 0.6 is 0 Å². The van der Waals surface area contributed by atoms with Crippen molar-refractivity contribution in [3.63, 3.8) is 0 Å². The fraction of sp³-hybridized carbons (Fsp3) is 0.423. The molecule has 1 fully saturated rings. The lowest BCUT2D eigenvalue weighted by molar-refractivity contribution is 0.0475. The van der Waals surface area contributed by atoms with Gasteiger partial charge in [0.15, 0.2) is 0 Å². The zero-order valence-corrected chi connectivity index (χ0v) is 18.5. The quantitative estimate of drug-likeness (QED) is 0.741. The molecule has 1 aliphatic carbocycles. The first kappa shape index (κ1) is 20.9. The highest BCUT2D eigenvalue weighted by Crippen LogP contribution is 2.41. The molecular weight excluding hydrogens is 404 g/mol. The van der Waals surface area contributed by atoms with E-state index in [0.29, 0.717) is 23.3 Å². The number of nitrogens with zero attached hydrogens (tertiary/aromatic N) is 1. The molecule has 6 heteroatoms. The van der Waals surface area contributed by atoms with Crippen LogP contribution in [0.4, 0.5) is 0 Å². The number of hydrogen-bond donors (Lipinski definition) is 1. The Labute approximate surface area is 187 Å². The van der Waals surface area contributed by atoms with Gasteiger partial charge in [0.2, 0.25) is 0 Å². The number of amides is 3. The third-order valence-electron chi connectivity index (χ3n) is 7.07. The lowest BCUT2D eigenvalue weighted by Crippen LogP contribution is -2.36. The summed E-state index contributed by atoms with van der Waals surface area (Å²) in [4.78, 5) is 40.0. The van der Waals surface area contributed by atoms with Crippen LogP contribution in [0.25, 0.3) is 0 Å². The van der Waals surface area contributed by atoms with Crippen LogP contribution in [0.1, 0.15) is 87.8 Å². The molecule has 0 aromatic heterocycles. The Bertz CT molecular complexity index is 1100. The number of nitrogens with one attached hydrogen (secondary N) is 1. The normalized spacial score (nSPS) is 23.8. The molecule has 1 N–H and O–H groups in total. The van der Waals surface area contributed by atoms with Gasteiger partial charge < -0.3 is 10.1 Å². The van der Waals surface area contributed by atoms with Gasteiger partial charge in [-0.1, -0.05) is 38.1 Å². The summed E-state index contributed by atoms with van der Waals surface area (Å²) in [6.45, 7) is 5.40. The minimum atomic E-state index is -0.347. The van der Waals surface area contributed by atoms with Gasteiger partial charge in [0.1, 0.15) is 0 Å². The number of carbonyl (C=O) groups is 3. The second-order valence-electron chi connectivity index (χ2n) is 9.65. The van der Waals surface area contributed by atoms with Gasteiger partial charge in [0, 0.05) is 12.2 Å². The third kappa shape index (κ3) is 3.52. The molecule has 0 radical (unpaired) electrons. The van der Waals surface area contributed by atoms with E-state index in [1.165, 1.54) is 10.5 Å². The summed E-state index contributed by atoms with van der Waals surface area (Å²) in [6.07, 6.45) is 3.52. The maximum absolute atomic E-state index is 13.1. The monoisotopic (exact) mass is 432 g/mol. The number of ether oxygens (including phenoxy) is 1. The summed E-state index contributed by atoms with van der Waals surface area (Å²) in [5, 5.41) is 3.15. The fourth-order valence-corrected chi connectivity index (χ4v) is 5.19. The van der Waals surface area contributed by atoms with Crippen LogP contribution in [0.3, 0.4) is 0 Å². The van der Waals surface area contributed by atoms with Gasteiger partial charge in [-0.05, 0) is 60.4 Å². The van der Waals surface area contributed by atoms with Crippen molar-refractivity contribution in [3.05, 3.63) is 70.3 Å². The zero-order chi connectivity index (χ0) is 22.5. The van der Waals surface area contributed by atoms with Gasteiger partial charge in [0.05, 0.1) is 29.8 Å². The minimum Gasteiger partial charge on any atom is -0.376 e. The van der Waals surface area contributed by atoms with E-state index in [2.05, 4.69) is 31.3 Å². The van der Waals surface area contributed by atoms with Crippen molar-refractivity contribution in [1.29, 1.82) is 0 Å². The van der Waals surface area contributed by atoms with E-state index in [0.717, 1.165) is 31.2 Å². The van der Waals surface area contributed by atoms with Crippen LogP contribution in [0.2, 0.25) is 0 Å². The average Bonchev–Trinajstić information content (AvgIpc) is 3.39. The topological polar surface area (TPSA) is 75.7 Å². The molecule has 3 aliphatic rings. The zero-order valence-electron chi connectivity index (χ0n) is 18.5. The molecule has 6 nitrogen and oxygen atoms in total. The first-order valence-corrected chi connectivity index (χ1v) is 11.4. The highest BCUT2D eigenvalue weighted by atomic mass is 16.5. The number of carbonyl (C=O) groups excluding carboxylic acids is 3. The fourth-order valence-electron chi connectivity index (χ4n) is 5.19. The molecule has 3 amide bonds. The van der Waals surface area contributed by atoms with E-state index in [1.54, 1.807) is 18.2 Å². The molecule has 166 valence electrons. The van der Waals surface area contributed by atoms with Crippen molar-refractivity contribution in [3.8, 4) is 0 Å². The molecule has 2 atom stereocenters. The SMILES string of the molecule is CC1(C)CCC(NC(=O)c2ccc3c(c2)C(=O)N(CC2CCCO2)C3=O)c2ccccc21. The predicted molar refractivity (Wildman–Crippen MR) is 120 cm³/mol. The van der Waals surface area contributed by atoms with Gasteiger partial charge in [-0.3, -0.25) is 19.3 Å². The molecule has 5 rings (SSSR count). The molecule has 0 bridgehead atoms.